The molecule has 2 aliphatic carbocycles. The van der Waals surface area contributed by atoms with Crippen LogP contribution in [0.3, 0.4) is 0 Å². The van der Waals surface area contributed by atoms with E-state index in [0.717, 1.165) is 32.1 Å². The molecule has 2 aliphatic heterocycles. The van der Waals surface area contributed by atoms with E-state index in [0.29, 0.717) is 35.9 Å². The molecule has 0 spiro atoms. The van der Waals surface area contributed by atoms with Crippen LogP contribution < -0.4 is 15.5 Å². The van der Waals surface area contributed by atoms with Crippen molar-refractivity contribution in [2.75, 3.05) is 30.4 Å². The van der Waals surface area contributed by atoms with E-state index in [4.69, 9.17) is 0 Å². The fourth-order valence-corrected chi connectivity index (χ4v) is 5.10. The Bertz CT molecular complexity index is 794. The number of amides is 1. The van der Waals surface area contributed by atoms with Crippen LogP contribution in [-0.2, 0) is 0 Å². The van der Waals surface area contributed by atoms with E-state index >= 15 is 0 Å². The van der Waals surface area contributed by atoms with Gasteiger partial charge in [-0.1, -0.05) is 6.92 Å². The molecule has 2 heterocycles. The third kappa shape index (κ3) is 3.77. The van der Waals surface area contributed by atoms with E-state index in [1.54, 1.807) is 13.1 Å². The zero-order valence-corrected chi connectivity index (χ0v) is 17.1. The summed E-state index contributed by atoms with van der Waals surface area (Å²) < 4.78 is 0. The van der Waals surface area contributed by atoms with Crippen molar-refractivity contribution in [3.8, 4) is 0 Å². The van der Waals surface area contributed by atoms with Crippen molar-refractivity contribution >= 4 is 23.0 Å². The lowest BCUT2D eigenvalue weighted by Crippen LogP contribution is -2.58. The fraction of sp³-hybridized carbons (Fsp3) is 0.667. The third-order valence-corrected chi connectivity index (χ3v) is 7.00. The molecular formula is C21H30N4O4. The minimum absolute atomic E-state index is 0.0964. The van der Waals surface area contributed by atoms with Gasteiger partial charge in [-0.2, -0.15) is 0 Å². The number of hydrogen-bond acceptors (Lipinski definition) is 6. The molecule has 1 amide bonds. The maximum atomic E-state index is 13.2. The van der Waals surface area contributed by atoms with Gasteiger partial charge in [-0.05, 0) is 44.1 Å². The minimum atomic E-state index is -0.452. The zero-order chi connectivity index (χ0) is 20.7. The van der Waals surface area contributed by atoms with Gasteiger partial charge in [0.15, 0.2) is 0 Å². The predicted molar refractivity (Wildman–Crippen MR) is 111 cm³/mol. The van der Waals surface area contributed by atoms with Gasteiger partial charge >= 0.3 is 0 Å². The number of nitrogens with zero attached hydrogens (tertiary/aromatic N) is 2. The van der Waals surface area contributed by atoms with Crippen LogP contribution in [0, 0.1) is 27.9 Å². The number of hydrogen-bond donors (Lipinski definition) is 3. The Morgan fingerprint density at radius 2 is 1.86 bits per heavy atom. The summed E-state index contributed by atoms with van der Waals surface area (Å²) in [5, 5.41) is 27.7. The lowest BCUT2D eigenvalue weighted by atomic mass is 9.68. The molecule has 3 atom stereocenters. The van der Waals surface area contributed by atoms with Crippen molar-refractivity contribution in [2.45, 2.75) is 51.2 Å². The zero-order valence-electron chi connectivity index (χ0n) is 17.1. The predicted octanol–water partition coefficient (Wildman–Crippen LogP) is 2.76. The summed E-state index contributed by atoms with van der Waals surface area (Å²) in [6, 6.07) is 3.23. The molecule has 2 saturated carbocycles. The summed E-state index contributed by atoms with van der Waals surface area (Å²) in [6.07, 6.45) is 4.80. The maximum absolute atomic E-state index is 13.2. The van der Waals surface area contributed by atoms with Crippen molar-refractivity contribution in [2.24, 2.45) is 17.8 Å². The Balaban J connectivity index is 1.63. The van der Waals surface area contributed by atoms with E-state index in [1.165, 1.54) is 6.07 Å². The van der Waals surface area contributed by atoms with E-state index in [-0.39, 0.29) is 35.6 Å². The number of piperidine rings is 2. The highest BCUT2D eigenvalue weighted by molar-refractivity contribution is 6.02. The Kier molecular flexibility index (Phi) is 5.38. The quantitative estimate of drug-likeness (QED) is 0.516. The standard InChI is InChI=1S/C21H30N4O4/c1-12-3-5-15(6-4-12)23-21(27)16-8-19(25(28)29)17(22-2)9-18(16)24-10-13-7-14(11-24)20(13)26/h8-9,12-15,20,22,26H,3-7,10-11H2,1-2H3,(H,23,27)/t12-,13-,14+,15-,20+. The number of nitrogens with one attached hydrogen (secondary N) is 2. The van der Waals surface area contributed by atoms with E-state index in [1.807, 2.05) is 0 Å². The molecule has 2 bridgehead atoms. The second-order valence-electron chi connectivity index (χ2n) is 8.98. The molecule has 1 aromatic rings. The summed E-state index contributed by atoms with van der Waals surface area (Å²) in [7, 11) is 1.65. The molecule has 0 unspecified atom stereocenters. The lowest BCUT2D eigenvalue weighted by molar-refractivity contribution is -0.384. The second kappa shape index (κ2) is 7.82. The number of nitro groups is 1. The van der Waals surface area contributed by atoms with Gasteiger partial charge in [0.1, 0.15) is 5.69 Å². The Morgan fingerprint density at radius 1 is 1.21 bits per heavy atom. The van der Waals surface area contributed by atoms with Crippen molar-refractivity contribution in [1.29, 1.82) is 0 Å². The fourth-order valence-electron chi connectivity index (χ4n) is 5.10. The van der Waals surface area contributed by atoms with Crippen LogP contribution in [0.15, 0.2) is 12.1 Å². The van der Waals surface area contributed by atoms with Gasteiger partial charge in [0, 0.05) is 44.1 Å². The average molecular weight is 402 g/mol. The van der Waals surface area contributed by atoms with E-state index in [2.05, 4.69) is 22.5 Å². The molecule has 0 aromatic heterocycles. The Morgan fingerprint density at radius 3 is 2.41 bits per heavy atom. The molecule has 4 fully saturated rings. The van der Waals surface area contributed by atoms with Crippen LogP contribution in [0.2, 0.25) is 0 Å². The molecule has 8 heteroatoms. The summed E-state index contributed by atoms with van der Waals surface area (Å²) in [5.41, 5.74) is 1.36. The molecule has 8 nitrogen and oxygen atoms in total. The SMILES string of the molecule is CNc1cc(N2C[C@H]3C[C@@H](C2)[C@H]3O)c(C(=O)N[C@H]2CC[C@H](C)CC2)cc1[N+](=O)[O-]. The van der Waals surface area contributed by atoms with Crippen LogP contribution in [0.4, 0.5) is 17.1 Å². The Labute approximate surface area is 170 Å². The lowest BCUT2D eigenvalue weighted by Gasteiger charge is -2.52. The van der Waals surface area contributed by atoms with Gasteiger partial charge in [0.25, 0.3) is 11.6 Å². The summed E-state index contributed by atoms with van der Waals surface area (Å²) in [5.74, 6) is 0.849. The normalized spacial score (nSPS) is 31.0. The largest absolute Gasteiger partial charge is 0.392 e. The van der Waals surface area contributed by atoms with Crippen LogP contribution in [0.25, 0.3) is 0 Å². The van der Waals surface area contributed by atoms with Gasteiger partial charge in [0.2, 0.25) is 0 Å². The molecule has 4 aliphatic rings. The van der Waals surface area contributed by atoms with Crippen LogP contribution in [-0.4, -0.2) is 48.2 Å². The van der Waals surface area contributed by atoms with Crippen LogP contribution in [0.5, 0.6) is 0 Å². The van der Waals surface area contributed by atoms with Gasteiger partial charge in [-0.3, -0.25) is 14.9 Å². The summed E-state index contributed by atoms with van der Waals surface area (Å²) in [6.45, 7) is 3.56. The first-order valence-electron chi connectivity index (χ1n) is 10.6. The first kappa shape index (κ1) is 19.9. The number of carbonyl (C=O) groups excluding carboxylic acids is 1. The molecule has 2 saturated heterocycles. The highest BCUT2D eigenvalue weighted by Gasteiger charge is 2.46. The smallest absolute Gasteiger partial charge is 0.293 e. The molecular weight excluding hydrogens is 372 g/mol. The van der Waals surface area contributed by atoms with Gasteiger partial charge in [-0.25, -0.2) is 0 Å². The van der Waals surface area contributed by atoms with Crippen molar-refractivity contribution in [1.82, 2.24) is 5.32 Å². The van der Waals surface area contributed by atoms with Gasteiger partial charge in [0.05, 0.1) is 22.3 Å². The molecule has 1 aromatic carbocycles. The Hall–Kier alpha value is -2.35. The van der Waals surface area contributed by atoms with Crippen LogP contribution in [0.1, 0.15) is 49.4 Å². The average Bonchev–Trinajstić information content (AvgIpc) is 2.73. The molecule has 3 N–H and O–H groups in total. The molecule has 29 heavy (non-hydrogen) atoms. The first-order chi connectivity index (χ1) is 13.9. The topological polar surface area (TPSA) is 108 Å². The number of fused-ring (bicyclic) bond motifs is 2. The molecule has 0 radical (unpaired) electrons. The minimum Gasteiger partial charge on any atom is -0.392 e. The molecule has 158 valence electrons. The van der Waals surface area contributed by atoms with E-state index in [9.17, 15) is 20.0 Å². The highest BCUT2D eigenvalue weighted by Crippen LogP contribution is 2.43. The summed E-state index contributed by atoms with van der Waals surface area (Å²) >= 11 is 0. The first-order valence-corrected chi connectivity index (χ1v) is 10.6. The van der Waals surface area contributed by atoms with Gasteiger partial charge in [-0.15, -0.1) is 0 Å². The molecule has 5 rings (SSSR count). The van der Waals surface area contributed by atoms with Crippen molar-refractivity contribution < 1.29 is 14.8 Å². The maximum Gasteiger partial charge on any atom is 0.293 e. The monoisotopic (exact) mass is 402 g/mol. The highest BCUT2D eigenvalue weighted by atomic mass is 16.6. The number of nitro benzene ring substituents is 1. The van der Waals surface area contributed by atoms with Crippen molar-refractivity contribution in [3.05, 3.63) is 27.8 Å². The van der Waals surface area contributed by atoms with Crippen molar-refractivity contribution in [3.63, 3.8) is 0 Å². The van der Waals surface area contributed by atoms with Crippen LogP contribution >= 0.6 is 0 Å². The number of carbonyl (C=O) groups is 1. The second-order valence-corrected chi connectivity index (χ2v) is 8.98. The number of aliphatic hydroxyl groups excluding tert-OH is 1. The number of rotatable bonds is 5. The summed E-state index contributed by atoms with van der Waals surface area (Å²) in [4.78, 5) is 26.4. The number of anilines is 2. The van der Waals surface area contributed by atoms with Gasteiger partial charge < -0.3 is 20.6 Å². The number of benzene rings is 1. The number of aliphatic hydroxyl groups is 1. The third-order valence-electron chi connectivity index (χ3n) is 7.00. The van der Waals surface area contributed by atoms with E-state index < -0.39 is 4.92 Å².